The molecule has 1 N–H and O–H groups in total. The van der Waals surface area contributed by atoms with E-state index < -0.39 is 12.1 Å². The van der Waals surface area contributed by atoms with Crippen LogP contribution in [0, 0.1) is 11.8 Å². The molecule has 1 aliphatic carbocycles. The number of carbonyl (C=O) groups is 2. The van der Waals surface area contributed by atoms with Crippen LogP contribution in [0.15, 0.2) is 24.3 Å². The fourth-order valence-electron chi connectivity index (χ4n) is 3.28. The van der Waals surface area contributed by atoms with Gasteiger partial charge in [-0.2, -0.15) is 0 Å². The Morgan fingerprint density at radius 1 is 1.24 bits per heavy atom. The van der Waals surface area contributed by atoms with Gasteiger partial charge >= 0.3 is 5.97 Å². The monoisotopic (exact) mass is 346 g/mol. The van der Waals surface area contributed by atoms with E-state index in [1.54, 1.807) is 19.1 Å². The number of nitrogens with zero attached hydrogens (tertiary/aromatic N) is 1. The van der Waals surface area contributed by atoms with Crippen molar-refractivity contribution >= 4 is 17.6 Å². The van der Waals surface area contributed by atoms with Gasteiger partial charge in [-0.25, -0.2) is 4.79 Å². The summed E-state index contributed by atoms with van der Waals surface area (Å²) >= 11 is 0. The van der Waals surface area contributed by atoms with E-state index in [2.05, 4.69) is 19.2 Å². The number of hydrogen-bond donors (Lipinski definition) is 1. The SMILES string of the molecule is C[C@@H]1[C@H](C)CCC[C@H]1NC(=O)[C@@H](C)OC(=O)c1cccc(N(C)C)c1. The third-order valence-electron chi connectivity index (χ3n) is 5.29. The highest BCUT2D eigenvalue weighted by molar-refractivity contribution is 5.93. The second-order valence-corrected chi connectivity index (χ2v) is 7.37. The molecule has 0 bridgehead atoms. The van der Waals surface area contributed by atoms with Crippen LogP contribution in [0.1, 0.15) is 50.4 Å². The van der Waals surface area contributed by atoms with Crippen molar-refractivity contribution in [3.8, 4) is 0 Å². The summed E-state index contributed by atoms with van der Waals surface area (Å²) in [4.78, 5) is 26.6. The van der Waals surface area contributed by atoms with Gasteiger partial charge in [0.15, 0.2) is 6.10 Å². The van der Waals surface area contributed by atoms with Crippen molar-refractivity contribution in [2.24, 2.45) is 11.8 Å². The van der Waals surface area contributed by atoms with E-state index in [-0.39, 0.29) is 11.9 Å². The topological polar surface area (TPSA) is 58.6 Å². The standard InChI is InChI=1S/C20H30N2O3/c1-13-8-6-11-18(14(13)2)21-19(23)15(3)25-20(24)16-9-7-10-17(12-16)22(4)5/h7,9-10,12-15,18H,6,8,11H2,1-5H3,(H,21,23)/t13-,14-,15-,18-/m1/s1. The number of nitrogens with one attached hydrogen (secondary N) is 1. The third kappa shape index (κ3) is 4.97. The predicted molar refractivity (Wildman–Crippen MR) is 99.8 cm³/mol. The molecule has 1 aromatic carbocycles. The summed E-state index contributed by atoms with van der Waals surface area (Å²) in [6.07, 6.45) is 2.52. The summed E-state index contributed by atoms with van der Waals surface area (Å²) < 4.78 is 5.37. The molecular formula is C20H30N2O3. The Kier molecular flexibility index (Phi) is 6.45. The number of ether oxygens (including phenoxy) is 1. The third-order valence-corrected chi connectivity index (χ3v) is 5.29. The van der Waals surface area contributed by atoms with Crippen molar-refractivity contribution in [3.63, 3.8) is 0 Å². The Balaban J connectivity index is 1.94. The maximum atomic E-state index is 12.4. The van der Waals surface area contributed by atoms with Crippen LogP contribution in [-0.2, 0) is 9.53 Å². The van der Waals surface area contributed by atoms with Gasteiger partial charge in [0.1, 0.15) is 0 Å². The average molecular weight is 346 g/mol. The molecule has 5 heteroatoms. The number of benzene rings is 1. The van der Waals surface area contributed by atoms with E-state index in [0.29, 0.717) is 17.4 Å². The first-order valence-electron chi connectivity index (χ1n) is 9.08. The van der Waals surface area contributed by atoms with E-state index >= 15 is 0 Å². The summed E-state index contributed by atoms with van der Waals surface area (Å²) in [5.41, 5.74) is 1.36. The fourth-order valence-corrected chi connectivity index (χ4v) is 3.28. The van der Waals surface area contributed by atoms with Crippen molar-refractivity contribution in [2.75, 3.05) is 19.0 Å². The predicted octanol–water partition coefficient (Wildman–Crippen LogP) is 3.24. The Hall–Kier alpha value is -2.04. The van der Waals surface area contributed by atoms with Crippen molar-refractivity contribution in [3.05, 3.63) is 29.8 Å². The molecule has 0 spiro atoms. The molecule has 4 atom stereocenters. The van der Waals surface area contributed by atoms with Crippen LogP contribution < -0.4 is 10.2 Å². The molecule has 0 aliphatic heterocycles. The number of amides is 1. The molecule has 1 saturated carbocycles. The van der Waals surface area contributed by atoms with E-state index in [1.165, 1.54) is 6.42 Å². The summed E-state index contributed by atoms with van der Waals surface area (Å²) in [5.74, 6) is 0.350. The smallest absolute Gasteiger partial charge is 0.338 e. The number of esters is 1. The minimum Gasteiger partial charge on any atom is -0.449 e. The quantitative estimate of drug-likeness (QED) is 0.832. The Morgan fingerprint density at radius 3 is 2.64 bits per heavy atom. The Bertz CT molecular complexity index is 615. The zero-order valence-corrected chi connectivity index (χ0v) is 15.9. The number of carbonyl (C=O) groups excluding carboxylic acids is 2. The molecule has 1 aromatic rings. The molecule has 2 rings (SSSR count). The second-order valence-electron chi connectivity index (χ2n) is 7.37. The first kappa shape index (κ1) is 19.3. The van der Waals surface area contributed by atoms with Crippen LogP contribution in [0.4, 0.5) is 5.69 Å². The van der Waals surface area contributed by atoms with E-state index in [1.807, 2.05) is 31.1 Å². The molecule has 25 heavy (non-hydrogen) atoms. The summed E-state index contributed by atoms with van der Waals surface area (Å²) in [7, 11) is 3.82. The molecule has 0 heterocycles. The zero-order chi connectivity index (χ0) is 18.6. The summed E-state index contributed by atoms with van der Waals surface area (Å²) in [5, 5.41) is 3.06. The van der Waals surface area contributed by atoms with Gasteiger partial charge in [-0.15, -0.1) is 0 Å². The molecule has 0 radical (unpaired) electrons. The van der Waals surface area contributed by atoms with Crippen LogP contribution in [0.2, 0.25) is 0 Å². The van der Waals surface area contributed by atoms with Gasteiger partial charge in [0.25, 0.3) is 5.91 Å². The normalized spacial score (nSPS) is 24.3. The van der Waals surface area contributed by atoms with E-state index in [9.17, 15) is 9.59 Å². The molecule has 5 nitrogen and oxygen atoms in total. The van der Waals surface area contributed by atoms with Crippen LogP contribution in [0.25, 0.3) is 0 Å². The van der Waals surface area contributed by atoms with Crippen molar-refractivity contribution in [1.82, 2.24) is 5.32 Å². The number of hydrogen-bond acceptors (Lipinski definition) is 4. The molecule has 138 valence electrons. The largest absolute Gasteiger partial charge is 0.449 e. The Morgan fingerprint density at radius 2 is 1.96 bits per heavy atom. The van der Waals surface area contributed by atoms with Crippen molar-refractivity contribution < 1.29 is 14.3 Å². The Labute approximate surface area is 150 Å². The van der Waals surface area contributed by atoms with Gasteiger partial charge in [0.05, 0.1) is 5.56 Å². The van der Waals surface area contributed by atoms with Gasteiger partial charge in [0.2, 0.25) is 0 Å². The molecule has 0 aromatic heterocycles. The maximum Gasteiger partial charge on any atom is 0.338 e. The van der Waals surface area contributed by atoms with Gasteiger partial charge in [0, 0.05) is 25.8 Å². The average Bonchev–Trinajstić information content (AvgIpc) is 2.58. The van der Waals surface area contributed by atoms with Crippen molar-refractivity contribution in [2.45, 2.75) is 52.2 Å². The van der Waals surface area contributed by atoms with Crippen LogP contribution in [0.3, 0.4) is 0 Å². The van der Waals surface area contributed by atoms with E-state index in [0.717, 1.165) is 18.5 Å². The van der Waals surface area contributed by atoms with Crippen LogP contribution >= 0.6 is 0 Å². The highest BCUT2D eigenvalue weighted by Gasteiger charge is 2.30. The number of rotatable bonds is 5. The van der Waals surface area contributed by atoms with Gasteiger partial charge in [-0.05, 0) is 43.4 Å². The first-order valence-corrected chi connectivity index (χ1v) is 9.08. The van der Waals surface area contributed by atoms with E-state index in [4.69, 9.17) is 4.74 Å². The van der Waals surface area contributed by atoms with Gasteiger partial charge in [-0.3, -0.25) is 4.79 Å². The minimum atomic E-state index is -0.806. The first-order chi connectivity index (χ1) is 11.8. The lowest BCUT2D eigenvalue weighted by Gasteiger charge is -2.35. The zero-order valence-electron chi connectivity index (χ0n) is 15.9. The second kappa shape index (κ2) is 8.37. The van der Waals surface area contributed by atoms with Crippen molar-refractivity contribution in [1.29, 1.82) is 0 Å². The fraction of sp³-hybridized carbons (Fsp3) is 0.600. The lowest BCUT2D eigenvalue weighted by Crippen LogP contribution is -2.47. The lowest BCUT2D eigenvalue weighted by molar-refractivity contribution is -0.130. The molecule has 1 aliphatic rings. The molecule has 0 saturated heterocycles. The van der Waals surface area contributed by atoms with Gasteiger partial charge < -0.3 is 15.0 Å². The summed E-state index contributed by atoms with van der Waals surface area (Å²) in [6, 6.07) is 7.35. The molecular weight excluding hydrogens is 316 g/mol. The minimum absolute atomic E-state index is 0.162. The van der Waals surface area contributed by atoms with Crippen LogP contribution in [-0.4, -0.2) is 38.1 Å². The van der Waals surface area contributed by atoms with Crippen LogP contribution in [0.5, 0.6) is 0 Å². The van der Waals surface area contributed by atoms with Gasteiger partial charge in [-0.1, -0.05) is 32.8 Å². The molecule has 1 amide bonds. The highest BCUT2D eigenvalue weighted by Crippen LogP contribution is 2.29. The lowest BCUT2D eigenvalue weighted by atomic mass is 9.78. The maximum absolute atomic E-state index is 12.4. The molecule has 1 fully saturated rings. The molecule has 0 unspecified atom stereocenters. The summed E-state index contributed by atoms with van der Waals surface area (Å²) in [6.45, 7) is 6.03. The highest BCUT2D eigenvalue weighted by atomic mass is 16.5. The number of anilines is 1.